The summed E-state index contributed by atoms with van der Waals surface area (Å²) in [6.07, 6.45) is 2.88. The summed E-state index contributed by atoms with van der Waals surface area (Å²) in [6.45, 7) is 0.797. The molecule has 1 aliphatic rings. The van der Waals surface area contributed by atoms with Crippen LogP contribution in [-0.2, 0) is 4.74 Å². The fourth-order valence-electron chi connectivity index (χ4n) is 1.67. The molecule has 13 heavy (non-hydrogen) atoms. The van der Waals surface area contributed by atoms with E-state index in [-0.39, 0.29) is 6.10 Å². The second kappa shape index (κ2) is 4.22. The lowest BCUT2D eigenvalue weighted by molar-refractivity contribution is -0.0631. The molecule has 0 radical (unpaired) electrons. The molecule has 72 valence electrons. The number of thiophene rings is 1. The summed E-state index contributed by atoms with van der Waals surface area (Å²) in [7, 11) is 0. The van der Waals surface area contributed by atoms with Crippen LogP contribution in [-0.4, -0.2) is 17.8 Å². The largest absolute Gasteiger partial charge is 0.386 e. The van der Waals surface area contributed by atoms with Crippen molar-refractivity contribution in [3.8, 4) is 0 Å². The van der Waals surface area contributed by atoms with Crippen molar-refractivity contribution in [1.82, 2.24) is 0 Å². The Morgan fingerprint density at radius 2 is 2.46 bits per heavy atom. The van der Waals surface area contributed by atoms with Crippen LogP contribution in [0.3, 0.4) is 0 Å². The molecule has 1 aliphatic heterocycles. The van der Waals surface area contributed by atoms with Crippen molar-refractivity contribution < 1.29 is 9.84 Å². The Balaban J connectivity index is 1.99. The first-order valence-corrected chi connectivity index (χ1v) is 5.64. The third-order valence-electron chi connectivity index (χ3n) is 2.45. The zero-order chi connectivity index (χ0) is 9.10. The van der Waals surface area contributed by atoms with Gasteiger partial charge in [-0.3, -0.25) is 0 Å². The molecule has 2 unspecified atom stereocenters. The van der Waals surface area contributed by atoms with Crippen LogP contribution in [0, 0.1) is 0 Å². The van der Waals surface area contributed by atoms with E-state index in [1.807, 2.05) is 16.8 Å². The predicted octanol–water partition coefficient (Wildman–Crippen LogP) is 2.35. The Morgan fingerprint density at radius 1 is 1.54 bits per heavy atom. The van der Waals surface area contributed by atoms with E-state index in [1.54, 1.807) is 11.3 Å². The van der Waals surface area contributed by atoms with Crippen LogP contribution in [0.2, 0.25) is 0 Å². The van der Waals surface area contributed by atoms with Gasteiger partial charge in [0.05, 0.1) is 6.10 Å². The van der Waals surface area contributed by atoms with Gasteiger partial charge in [-0.25, -0.2) is 0 Å². The van der Waals surface area contributed by atoms with Crippen molar-refractivity contribution in [1.29, 1.82) is 0 Å². The first-order chi connectivity index (χ1) is 6.38. The number of rotatable bonds is 2. The maximum absolute atomic E-state index is 9.92. The average Bonchev–Trinajstić information content (AvgIpc) is 2.71. The van der Waals surface area contributed by atoms with Crippen LogP contribution in [0.5, 0.6) is 0 Å². The zero-order valence-corrected chi connectivity index (χ0v) is 8.30. The van der Waals surface area contributed by atoms with Crippen LogP contribution < -0.4 is 0 Å². The maximum Gasteiger partial charge on any atom is 0.106 e. The summed E-state index contributed by atoms with van der Waals surface area (Å²) in [5.74, 6) is 0. The Bertz CT molecular complexity index is 239. The molecule has 0 aliphatic carbocycles. The van der Waals surface area contributed by atoms with Crippen LogP contribution in [0.15, 0.2) is 16.8 Å². The van der Waals surface area contributed by atoms with Crippen molar-refractivity contribution in [2.75, 3.05) is 6.61 Å². The van der Waals surface area contributed by atoms with E-state index in [4.69, 9.17) is 4.74 Å². The molecule has 0 amide bonds. The van der Waals surface area contributed by atoms with E-state index in [0.717, 1.165) is 25.0 Å². The van der Waals surface area contributed by atoms with E-state index in [9.17, 15) is 5.11 Å². The van der Waals surface area contributed by atoms with Crippen molar-refractivity contribution in [2.45, 2.75) is 31.5 Å². The van der Waals surface area contributed by atoms with Gasteiger partial charge in [-0.05, 0) is 41.7 Å². The van der Waals surface area contributed by atoms with Gasteiger partial charge in [-0.15, -0.1) is 0 Å². The maximum atomic E-state index is 9.92. The molecule has 1 N–H and O–H groups in total. The van der Waals surface area contributed by atoms with Crippen molar-refractivity contribution in [3.05, 3.63) is 22.4 Å². The van der Waals surface area contributed by atoms with Gasteiger partial charge in [-0.2, -0.15) is 11.3 Å². The molecule has 1 aromatic rings. The van der Waals surface area contributed by atoms with E-state index in [2.05, 4.69) is 0 Å². The Morgan fingerprint density at radius 3 is 3.08 bits per heavy atom. The SMILES string of the molecule is OC(c1ccsc1)C1CCCCO1. The minimum absolute atomic E-state index is 0.0170. The lowest BCUT2D eigenvalue weighted by atomic mass is 10.0. The second-order valence-electron chi connectivity index (χ2n) is 3.41. The smallest absolute Gasteiger partial charge is 0.106 e. The quantitative estimate of drug-likeness (QED) is 0.790. The molecule has 0 bridgehead atoms. The van der Waals surface area contributed by atoms with Gasteiger partial charge in [0.1, 0.15) is 6.10 Å². The topological polar surface area (TPSA) is 29.5 Å². The zero-order valence-electron chi connectivity index (χ0n) is 7.48. The molecule has 1 saturated heterocycles. The van der Waals surface area contributed by atoms with Crippen molar-refractivity contribution in [2.24, 2.45) is 0 Å². The fourth-order valence-corrected chi connectivity index (χ4v) is 2.36. The minimum Gasteiger partial charge on any atom is -0.386 e. The molecular weight excluding hydrogens is 184 g/mol. The standard InChI is InChI=1S/C10H14O2S/c11-10(8-4-6-13-7-8)9-3-1-2-5-12-9/h4,6-7,9-11H,1-3,5H2. The highest BCUT2D eigenvalue weighted by Gasteiger charge is 2.23. The van der Waals surface area contributed by atoms with Gasteiger partial charge in [0.15, 0.2) is 0 Å². The summed E-state index contributed by atoms with van der Waals surface area (Å²) < 4.78 is 5.52. The number of ether oxygens (including phenoxy) is 1. The number of hydrogen-bond donors (Lipinski definition) is 1. The number of hydrogen-bond acceptors (Lipinski definition) is 3. The highest BCUT2D eigenvalue weighted by molar-refractivity contribution is 7.07. The summed E-state index contributed by atoms with van der Waals surface area (Å²) in [5.41, 5.74) is 0.997. The van der Waals surface area contributed by atoms with Gasteiger partial charge < -0.3 is 9.84 Å². The van der Waals surface area contributed by atoms with Gasteiger partial charge in [0.25, 0.3) is 0 Å². The summed E-state index contributed by atoms with van der Waals surface area (Å²) >= 11 is 1.62. The molecule has 1 fully saturated rings. The third-order valence-corrected chi connectivity index (χ3v) is 3.15. The number of aliphatic hydroxyl groups excluding tert-OH is 1. The van der Waals surface area contributed by atoms with Crippen LogP contribution >= 0.6 is 11.3 Å². The highest BCUT2D eigenvalue weighted by Crippen LogP contribution is 2.27. The predicted molar refractivity (Wildman–Crippen MR) is 52.9 cm³/mol. The molecule has 0 spiro atoms. The van der Waals surface area contributed by atoms with Gasteiger partial charge >= 0.3 is 0 Å². The molecule has 2 atom stereocenters. The van der Waals surface area contributed by atoms with Gasteiger partial charge in [0.2, 0.25) is 0 Å². The van der Waals surface area contributed by atoms with E-state index >= 15 is 0 Å². The Kier molecular flexibility index (Phi) is 2.98. The lowest BCUT2D eigenvalue weighted by Crippen LogP contribution is -2.25. The molecule has 2 rings (SSSR count). The average molecular weight is 198 g/mol. The van der Waals surface area contributed by atoms with E-state index < -0.39 is 6.10 Å². The highest BCUT2D eigenvalue weighted by atomic mass is 32.1. The van der Waals surface area contributed by atoms with Crippen LogP contribution in [0.4, 0.5) is 0 Å². The van der Waals surface area contributed by atoms with Crippen molar-refractivity contribution >= 4 is 11.3 Å². The van der Waals surface area contributed by atoms with Gasteiger partial charge in [0, 0.05) is 6.61 Å². The molecule has 2 nitrogen and oxygen atoms in total. The second-order valence-corrected chi connectivity index (χ2v) is 4.19. The summed E-state index contributed by atoms with van der Waals surface area (Å²) in [6, 6.07) is 1.97. The first-order valence-electron chi connectivity index (χ1n) is 4.69. The first kappa shape index (κ1) is 9.19. The third kappa shape index (κ3) is 2.10. The molecular formula is C10H14O2S. The minimum atomic E-state index is -0.424. The lowest BCUT2D eigenvalue weighted by Gasteiger charge is -2.26. The summed E-state index contributed by atoms with van der Waals surface area (Å²) in [5, 5.41) is 13.9. The van der Waals surface area contributed by atoms with E-state index in [0.29, 0.717) is 0 Å². The normalized spacial score (nSPS) is 25.8. The number of aliphatic hydroxyl groups is 1. The van der Waals surface area contributed by atoms with Gasteiger partial charge in [-0.1, -0.05) is 0 Å². The van der Waals surface area contributed by atoms with E-state index in [1.165, 1.54) is 6.42 Å². The molecule has 0 saturated carbocycles. The Labute approximate surface area is 82.2 Å². The van der Waals surface area contributed by atoms with Crippen LogP contribution in [0.1, 0.15) is 30.9 Å². The molecule has 0 aromatic carbocycles. The van der Waals surface area contributed by atoms with Crippen LogP contribution in [0.25, 0.3) is 0 Å². The monoisotopic (exact) mass is 198 g/mol. The van der Waals surface area contributed by atoms with Crippen molar-refractivity contribution in [3.63, 3.8) is 0 Å². The molecule has 2 heterocycles. The summed E-state index contributed by atoms with van der Waals surface area (Å²) in [4.78, 5) is 0. The Hall–Kier alpha value is -0.380. The molecule has 3 heteroatoms. The molecule has 1 aromatic heterocycles. The fraction of sp³-hybridized carbons (Fsp3) is 0.600.